The highest BCUT2D eigenvalue weighted by molar-refractivity contribution is 5.93. The molecule has 3 heterocycles. The molecule has 4 N–H and O–H groups in total. The number of nitrogens with zero attached hydrogens (tertiary/aromatic N) is 6. The Morgan fingerprint density at radius 2 is 1.56 bits per heavy atom. The van der Waals surface area contributed by atoms with Crippen LogP contribution in [0.5, 0.6) is 0 Å². The van der Waals surface area contributed by atoms with Gasteiger partial charge in [0.2, 0.25) is 17.7 Å². The van der Waals surface area contributed by atoms with Gasteiger partial charge in [-0.15, -0.1) is 5.10 Å². The molecule has 294 valence electrons. The van der Waals surface area contributed by atoms with Crippen molar-refractivity contribution in [2.75, 3.05) is 6.54 Å². The van der Waals surface area contributed by atoms with Crippen molar-refractivity contribution in [3.8, 4) is 5.69 Å². The van der Waals surface area contributed by atoms with Gasteiger partial charge in [-0.05, 0) is 61.1 Å². The number of aliphatic carboxylic acids is 1. The molecule has 0 unspecified atom stereocenters. The van der Waals surface area contributed by atoms with E-state index in [-0.39, 0.29) is 38.8 Å². The molecule has 1 saturated heterocycles. The summed E-state index contributed by atoms with van der Waals surface area (Å²) in [5.41, 5.74) is 7.23. The fourth-order valence-electron chi connectivity index (χ4n) is 6.72. The molecule has 0 spiro atoms. The molecule has 0 aliphatic carbocycles. The standard InChI is InChI=1S/C42H45N9O6/c1-29-16-18-35(19-17-29)50-27-34(46-48-50)28-51(47-38(52)24-31-12-6-3-7-13-31)42(57)49-21-9-15-37(49)41(56)45-36(23-32-14-8-20-43-26-32)40(55)44-33(25-39(53)54)22-30-10-4-2-5-11-30/h2-8,10-14,16-20,26-27,33,36-37H,9,15,21-25,28H2,1H3,(H,44,55)(H,45,56)(H,47,52)(H,53,54)/t33-,36-,37-/m0/s1. The number of carbonyl (C=O) groups excluding carboxylic acids is 4. The van der Waals surface area contributed by atoms with Crippen LogP contribution < -0.4 is 16.1 Å². The van der Waals surface area contributed by atoms with Gasteiger partial charge in [0.25, 0.3) is 0 Å². The van der Waals surface area contributed by atoms with Crippen molar-refractivity contribution < 1.29 is 29.1 Å². The molecule has 2 aromatic heterocycles. The van der Waals surface area contributed by atoms with Gasteiger partial charge < -0.3 is 20.6 Å². The van der Waals surface area contributed by atoms with Gasteiger partial charge in [0, 0.05) is 31.4 Å². The van der Waals surface area contributed by atoms with Crippen LogP contribution >= 0.6 is 0 Å². The fraction of sp³-hybridized carbons (Fsp3) is 0.286. The maximum atomic E-state index is 14.4. The van der Waals surface area contributed by atoms with Crippen LogP contribution in [0.1, 0.15) is 47.2 Å². The van der Waals surface area contributed by atoms with E-state index in [1.54, 1.807) is 35.4 Å². The Labute approximate surface area is 330 Å². The number of benzene rings is 3. The van der Waals surface area contributed by atoms with Crippen LogP contribution in [0.4, 0.5) is 4.79 Å². The zero-order valence-corrected chi connectivity index (χ0v) is 31.5. The number of pyridine rings is 1. The minimum absolute atomic E-state index is 0.00285. The van der Waals surface area contributed by atoms with E-state index in [0.717, 1.165) is 27.4 Å². The molecule has 6 rings (SSSR count). The van der Waals surface area contributed by atoms with Gasteiger partial charge in [0.05, 0.1) is 31.3 Å². The Balaban J connectivity index is 1.20. The van der Waals surface area contributed by atoms with E-state index in [0.29, 0.717) is 24.1 Å². The molecule has 3 aromatic carbocycles. The van der Waals surface area contributed by atoms with Gasteiger partial charge in [-0.1, -0.05) is 89.6 Å². The van der Waals surface area contributed by atoms with E-state index in [2.05, 4.69) is 31.4 Å². The maximum Gasteiger partial charge on any atom is 0.339 e. The third-order valence-corrected chi connectivity index (χ3v) is 9.55. The largest absolute Gasteiger partial charge is 0.481 e. The van der Waals surface area contributed by atoms with Crippen molar-refractivity contribution in [2.45, 2.75) is 70.1 Å². The number of hydrogen-bond acceptors (Lipinski definition) is 8. The van der Waals surface area contributed by atoms with Crippen LogP contribution in [-0.4, -0.2) is 89.4 Å². The van der Waals surface area contributed by atoms with Gasteiger partial charge >= 0.3 is 12.0 Å². The summed E-state index contributed by atoms with van der Waals surface area (Å²) in [6, 6.07) is 26.0. The van der Waals surface area contributed by atoms with Crippen molar-refractivity contribution in [1.29, 1.82) is 0 Å². The summed E-state index contributed by atoms with van der Waals surface area (Å²) in [5.74, 6) is -2.66. The third kappa shape index (κ3) is 11.3. The van der Waals surface area contributed by atoms with Crippen LogP contribution in [-0.2, 0) is 45.0 Å². The molecular formula is C42H45N9O6. The van der Waals surface area contributed by atoms with Gasteiger partial charge in [0.15, 0.2) is 0 Å². The highest BCUT2D eigenvalue weighted by Gasteiger charge is 2.39. The first-order chi connectivity index (χ1) is 27.6. The molecule has 0 bridgehead atoms. The first kappa shape index (κ1) is 39.8. The Morgan fingerprint density at radius 1 is 0.860 bits per heavy atom. The SMILES string of the molecule is Cc1ccc(-n2cc(CN(NC(=O)Cc3ccccc3)C(=O)N3CCC[C@H]3C(=O)N[C@@H](Cc3cccnc3)C(=O)N[C@H](CC(=O)O)Cc3ccccc3)nn2)cc1. The van der Waals surface area contributed by atoms with Crippen LogP contribution in [0.25, 0.3) is 5.69 Å². The van der Waals surface area contributed by atoms with E-state index >= 15 is 0 Å². The second-order valence-corrected chi connectivity index (χ2v) is 14.0. The van der Waals surface area contributed by atoms with Crippen molar-refractivity contribution in [1.82, 2.24) is 45.9 Å². The number of urea groups is 1. The summed E-state index contributed by atoms with van der Waals surface area (Å²) in [5, 5.41) is 25.0. The summed E-state index contributed by atoms with van der Waals surface area (Å²) in [6.45, 7) is 2.05. The number of aromatic nitrogens is 4. The van der Waals surface area contributed by atoms with Crippen LogP contribution in [0.15, 0.2) is 116 Å². The number of carboxylic acid groups (broad SMARTS) is 1. The summed E-state index contributed by atoms with van der Waals surface area (Å²) in [6.07, 6.45) is 5.65. The predicted octanol–water partition coefficient (Wildman–Crippen LogP) is 3.56. The molecule has 15 nitrogen and oxygen atoms in total. The lowest BCUT2D eigenvalue weighted by Gasteiger charge is -2.32. The third-order valence-electron chi connectivity index (χ3n) is 9.55. The normalized spacial score (nSPS) is 14.6. The predicted molar refractivity (Wildman–Crippen MR) is 209 cm³/mol. The molecule has 57 heavy (non-hydrogen) atoms. The number of aryl methyl sites for hydroxylation is 1. The van der Waals surface area contributed by atoms with E-state index in [9.17, 15) is 29.1 Å². The minimum atomic E-state index is -1.12. The molecule has 15 heteroatoms. The molecule has 0 saturated carbocycles. The molecule has 1 aliphatic rings. The molecular weight excluding hydrogens is 727 g/mol. The number of hydrazine groups is 1. The van der Waals surface area contributed by atoms with Gasteiger partial charge in [-0.25, -0.2) is 14.5 Å². The van der Waals surface area contributed by atoms with Crippen molar-refractivity contribution >= 4 is 29.7 Å². The summed E-state index contributed by atoms with van der Waals surface area (Å²) < 4.78 is 1.57. The quantitative estimate of drug-likeness (QED) is 0.115. The lowest BCUT2D eigenvalue weighted by atomic mass is 10.0. The molecule has 0 radical (unpaired) electrons. The Bertz CT molecular complexity index is 2130. The van der Waals surface area contributed by atoms with Gasteiger partial charge in [-0.2, -0.15) is 0 Å². The average molecular weight is 772 g/mol. The first-order valence-corrected chi connectivity index (χ1v) is 18.8. The Hall–Kier alpha value is -6.90. The lowest BCUT2D eigenvalue weighted by Crippen LogP contribution is -2.58. The smallest absolute Gasteiger partial charge is 0.339 e. The van der Waals surface area contributed by atoms with E-state index in [1.165, 1.54) is 4.90 Å². The zero-order valence-electron chi connectivity index (χ0n) is 31.5. The summed E-state index contributed by atoms with van der Waals surface area (Å²) in [4.78, 5) is 73.0. The monoisotopic (exact) mass is 771 g/mol. The summed E-state index contributed by atoms with van der Waals surface area (Å²) >= 11 is 0. The van der Waals surface area contributed by atoms with Crippen LogP contribution in [0.2, 0.25) is 0 Å². The van der Waals surface area contributed by atoms with Crippen molar-refractivity contribution in [3.63, 3.8) is 0 Å². The van der Waals surface area contributed by atoms with Gasteiger partial charge in [0.1, 0.15) is 17.8 Å². The van der Waals surface area contributed by atoms with E-state index in [1.807, 2.05) is 91.9 Å². The maximum absolute atomic E-state index is 14.4. The molecule has 1 fully saturated rings. The van der Waals surface area contributed by atoms with E-state index < -0.39 is 47.8 Å². The highest BCUT2D eigenvalue weighted by atomic mass is 16.4. The topological polar surface area (TPSA) is 192 Å². The lowest BCUT2D eigenvalue weighted by molar-refractivity contribution is -0.138. The molecule has 5 aromatic rings. The van der Waals surface area contributed by atoms with Gasteiger partial charge in [-0.3, -0.25) is 29.6 Å². The minimum Gasteiger partial charge on any atom is -0.481 e. The fourth-order valence-corrected chi connectivity index (χ4v) is 6.72. The summed E-state index contributed by atoms with van der Waals surface area (Å²) in [7, 11) is 0. The second kappa shape index (κ2) is 19.1. The number of carbonyl (C=O) groups is 5. The number of rotatable bonds is 15. The highest BCUT2D eigenvalue weighted by Crippen LogP contribution is 2.21. The number of amides is 5. The van der Waals surface area contributed by atoms with E-state index in [4.69, 9.17) is 0 Å². The first-order valence-electron chi connectivity index (χ1n) is 18.8. The molecule has 5 amide bonds. The van der Waals surface area contributed by atoms with Crippen molar-refractivity contribution in [3.05, 3.63) is 144 Å². The number of likely N-dealkylation sites (tertiary alicyclic amines) is 1. The Morgan fingerprint density at radius 3 is 2.25 bits per heavy atom. The number of hydrogen-bond donors (Lipinski definition) is 4. The number of nitrogens with one attached hydrogen (secondary N) is 3. The number of carboxylic acids is 1. The molecule has 3 atom stereocenters. The van der Waals surface area contributed by atoms with Crippen LogP contribution in [0.3, 0.4) is 0 Å². The van der Waals surface area contributed by atoms with Crippen molar-refractivity contribution in [2.24, 2.45) is 0 Å². The Kier molecular flexibility index (Phi) is 13.3. The average Bonchev–Trinajstić information content (AvgIpc) is 3.89. The second-order valence-electron chi connectivity index (χ2n) is 14.0. The zero-order chi connectivity index (χ0) is 40.1. The van der Waals surface area contributed by atoms with Crippen LogP contribution in [0, 0.1) is 6.92 Å². The molecule has 1 aliphatic heterocycles.